The number of halogens is 1. The van der Waals surface area contributed by atoms with E-state index in [0.29, 0.717) is 22.3 Å². The van der Waals surface area contributed by atoms with Gasteiger partial charge >= 0.3 is 11.4 Å². The van der Waals surface area contributed by atoms with Crippen molar-refractivity contribution in [1.29, 1.82) is 0 Å². The number of aromatic nitrogens is 5. The first-order valence-corrected chi connectivity index (χ1v) is 10.2. The summed E-state index contributed by atoms with van der Waals surface area (Å²) in [6, 6.07) is 17.4. The lowest BCUT2D eigenvalue weighted by Crippen LogP contribution is -2.49. The Hall–Kier alpha value is -3.98. The van der Waals surface area contributed by atoms with Crippen LogP contribution in [0.3, 0.4) is 0 Å². The van der Waals surface area contributed by atoms with E-state index in [-0.39, 0.29) is 18.7 Å². The third kappa shape index (κ3) is 4.84. The molecule has 9 nitrogen and oxygen atoms in total. The fourth-order valence-electron chi connectivity index (χ4n) is 3.01. The van der Waals surface area contributed by atoms with Crippen molar-refractivity contribution in [1.82, 2.24) is 24.3 Å². The number of nitrogens with one attached hydrogen (secondary N) is 1. The van der Waals surface area contributed by atoms with Crippen molar-refractivity contribution < 1.29 is 4.74 Å². The van der Waals surface area contributed by atoms with E-state index in [1.165, 1.54) is 4.57 Å². The molecule has 0 spiro atoms. The predicted octanol–water partition coefficient (Wildman–Crippen LogP) is 2.87. The van der Waals surface area contributed by atoms with Gasteiger partial charge < -0.3 is 4.74 Å². The van der Waals surface area contributed by atoms with Crippen molar-refractivity contribution in [3.8, 4) is 11.6 Å². The minimum Gasteiger partial charge on any atom is -0.438 e. The molecule has 2 heterocycles. The van der Waals surface area contributed by atoms with Crippen LogP contribution in [0.1, 0.15) is 12.5 Å². The van der Waals surface area contributed by atoms with Gasteiger partial charge in [0.05, 0.1) is 12.2 Å². The molecule has 4 aromatic rings. The maximum absolute atomic E-state index is 12.9. The highest BCUT2D eigenvalue weighted by Crippen LogP contribution is 2.21. The Bertz CT molecular complexity index is 1390. The third-order valence-electron chi connectivity index (χ3n) is 4.59. The summed E-state index contributed by atoms with van der Waals surface area (Å²) in [7, 11) is 0. The third-order valence-corrected chi connectivity index (χ3v) is 4.85. The first-order chi connectivity index (χ1) is 15.5. The minimum absolute atomic E-state index is 0.141. The number of nitrogens with zero attached hydrogens (tertiary/aromatic N) is 5. The van der Waals surface area contributed by atoms with Gasteiger partial charge in [-0.1, -0.05) is 23.7 Å². The van der Waals surface area contributed by atoms with Crippen LogP contribution >= 0.6 is 11.6 Å². The smallest absolute Gasteiger partial charge is 0.335 e. The zero-order valence-corrected chi connectivity index (χ0v) is 17.9. The molecule has 0 atom stereocenters. The fourth-order valence-corrected chi connectivity index (χ4v) is 3.14. The molecule has 0 saturated carbocycles. The molecule has 0 fully saturated rings. The Morgan fingerprint density at radius 1 is 1.03 bits per heavy atom. The van der Waals surface area contributed by atoms with Crippen LogP contribution in [0.2, 0.25) is 5.02 Å². The summed E-state index contributed by atoms with van der Waals surface area (Å²) in [5.41, 5.74) is 0.544. The highest BCUT2D eigenvalue weighted by Gasteiger charge is 2.09. The second-order valence-electron chi connectivity index (χ2n) is 6.76. The van der Waals surface area contributed by atoms with Crippen molar-refractivity contribution in [2.24, 2.45) is 4.99 Å². The molecule has 0 saturated heterocycles. The Morgan fingerprint density at radius 3 is 2.44 bits per heavy atom. The van der Waals surface area contributed by atoms with Crippen molar-refractivity contribution in [2.45, 2.75) is 20.0 Å². The molecule has 2 aromatic heterocycles. The van der Waals surface area contributed by atoms with Crippen LogP contribution in [-0.2, 0) is 13.1 Å². The SMILES string of the molecule is CCn1c(=O)[nH]/c(=N\c2ccc(Oc3cccnn3)cc2)n(Cc2ccc(Cl)cc2)c1=O. The van der Waals surface area contributed by atoms with E-state index in [1.54, 1.807) is 61.7 Å². The number of hydrogen-bond donors (Lipinski definition) is 1. The highest BCUT2D eigenvalue weighted by molar-refractivity contribution is 6.30. The Kier molecular flexibility index (Phi) is 6.27. The van der Waals surface area contributed by atoms with Crippen LogP contribution in [-0.4, -0.2) is 24.3 Å². The summed E-state index contributed by atoms with van der Waals surface area (Å²) < 4.78 is 8.15. The van der Waals surface area contributed by atoms with Crippen LogP contribution in [0.5, 0.6) is 11.6 Å². The normalized spacial score (nSPS) is 11.5. The van der Waals surface area contributed by atoms with Crippen LogP contribution in [0.4, 0.5) is 5.69 Å². The van der Waals surface area contributed by atoms with Crippen molar-refractivity contribution in [3.05, 3.63) is 104 Å². The number of hydrogen-bond acceptors (Lipinski definition) is 6. The average Bonchev–Trinajstić information content (AvgIpc) is 2.80. The Morgan fingerprint density at radius 2 is 1.78 bits per heavy atom. The number of aromatic amines is 1. The van der Waals surface area contributed by atoms with Gasteiger partial charge in [-0.15, -0.1) is 5.10 Å². The van der Waals surface area contributed by atoms with Gasteiger partial charge in [-0.05, 0) is 55.0 Å². The molecule has 10 heteroatoms. The molecule has 4 rings (SSSR count). The van der Waals surface area contributed by atoms with Gasteiger partial charge in [0.25, 0.3) is 0 Å². The molecule has 0 bridgehead atoms. The first kappa shape index (κ1) is 21.3. The van der Waals surface area contributed by atoms with Crippen LogP contribution in [0.15, 0.2) is 81.4 Å². The molecular weight excluding hydrogens is 432 g/mol. The van der Waals surface area contributed by atoms with Gasteiger partial charge in [0.1, 0.15) is 5.75 Å². The molecule has 0 radical (unpaired) electrons. The van der Waals surface area contributed by atoms with E-state index in [4.69, 9.17) is 16.3 Å². The average molecular weight is 451 g/mol. The lowest BCUT2D eigenvalue weighted by atomic mass is 10.2. The van der Waals surface area contributed by atoms with Crippen molar-refractivity contribution in [2.75, 3.05) is 0 Å². The minimum atomic E-state index is -0.522. The summed E-state index contributed by atoms with van der Waals surface area (Å²) in [4.78, 5) is 32.5. The van der Waals surface area contributed by atoms with Crippen LogP contribution < -0.4 is 21.7 Å². The molecule has 0 unspecified atom stereocenters. The lowest BCUT2D eigenvalue weighted by Gasteiger charge is -2.10. The maximum atomic E-state index is 12.9. The number of H-pyrrole nitrogens is 1. The van der Waals surface area contributed by atoms with Crippen LogP contribution in [0, 0.1) is 0 Å². The van der Waals surface area contributed by atoms with Gasteiger partial charge in [0.2, 0.25) is 11.5 Å². The van der Waals surface area contributed by atoms with Crippen molar-refractivity contribution >= 4 is 17.3 Å². The number of rotatable bonds is 6. The quantitative estimate of drug-likeness (QED) is 0.486. The number of ether oxygens (including phenoxy) is 1. The second kappa shape index (κ2) is 9.44. The molecule has 0 aliphatic carbocycles. The van der Waals surface area contributed by atoms with Gasteiger partial charge in [-0.25, -0.2) is 19.1 Å². The summed E-state index contributed by atoms with van der Waals surface area (Å²) >= 11 is 5.96. The van der Waals surface area contributed by atoms with Gasteiger partial charge in [-0.3, -0.25) is 9.55 Å². The molecule has 32 heavy (non-hydrogen) atoms. The summed E-state index contributed by atoms with van der Waals surface area (Å²) in [6.07, 6.45) is 1.56. The number of benzene rings is 2. The molecule has 1 N–H and O–H groups in total. The first-order valence-electron chi connectivity index (χ1n) is 9.82. The molecule has 2 aromatic carbocycles. The Labute approximate surface area is 187 Å². The van der Waals surface area contributed by atoms with E-state index < -0.39 is 11.4 Å². The second-order valence-corrected chi connectivity index (χ2v) is 7.20. The summed E-state index contributed by atoms with van der Waals surface area (Å²) in [6.45, 7) is 2.19. The monoisotopic (exact) mass is 450 g/mol. The van der Waals surface area contributed by atoms with E-state index in [9.17, 15) is 9.59 Å². The molecule has 0 aliphatic rings. The van der Waals surface area contributed by atoms with E-state index in [1.807, 2.05) is 12.1 Å². The van der Waals surface area contributed by atoms with Gasteiger partial charge in [-0.2, -0.15) is 5.10 Å². The van der Waals surface area contributed by atoms with Crippen molar-refractivity contribution in [3.63, 3.8) is 0 Å². The van der Waals surface area contributed by atoms with Gasteiger partial charge in [0.15, 0.2) is 0 Å². The molecule has 0 aliphatic heterocycles. The topological polar surface area (TPSA) is 107 Å². The zero-order valence-electron chi connectivity index (χ0n) is 17.1. The lowest BCUT2D eigenvalue weighted by molar-refractivity contribution is 0.455. The fraction of sp³-hybridized carbons (Fsp3) is 0.136. The highest BCUT2D eigenvalue weighted by atomic mass is 35.5. The van der Waals surface area contributed by atoms with E-state index in [2.05, 4.69) is 20.2 Å². The van der Waals surface area contributed by atoms with Crippen LogP contribution in [0.25, 0.3) is 0 Å². The molecule has 0 amide bonds. The maximum Gasteiger partial charge on any atom is 0.335 e. The Balaban J connectivity index is 1.72. The molecule has 162 valence electrons. The van der Waals surface area contributed by atoms with Gasteiger partial charge in [0, 0.05) is 23.8 Å². The van der Waals surface area contributed by atoms with E-state index >= 15 is 0 Å². The predicted molar refractivity (Wildman–Crippen MR) is 119 cm³/mol. The molecular formula is C22H19ClN6O3. The zero-order chi connectivity index (χ0) is 22.5. The van der Waals surface area contributed by atoms with E-state index in [0.717, 1.165) is 10.1 Å². The summed E-state index contributed by atoms with van der Waals surface area (Å²) in [5, 5.41) is 8.23. The standard InChI is InChI=1S/C22H19ClN6O3/c1-2-28-21(30)26-20(29(22(28)31)14-15-5-7-16(23)8-6-15)25-17-9-11-18(12-10-17)32-19-4-3-13-24-27-19/h3-13H,2,14H2,1H3,(H,25,26,30). The largest absolute Gasteiger partial charge is 0.438 e. The summed E-state index contributed by atoms with van der Waals surface area (Å²) in [5.74, 6) is 0.916.